The highest BCUT2D eigenvalue weighted by molar-refractivity contribution is 6.31. The normalized spacial score (nSPS) is 10.9. The van der Waals surface area contributed by atoms with Crippen molar-refractivity contribution in [1.82, 2.24) is 34.7 Å². The van der Waals surface area contributed by atoms with Crippen LogP contribution in [-0.2, 0) is 32.0 Å². The minimum absolute atomic E-state index is 0.0228. The van der Waals surface area contributed by atoms with Crippen LogP contribution in [0.15, 0.2) is 18.6 Å². The van der Waals surface area contributed by atoms with E-state index in [-0.39, 0.29) is 24.1 Å². The molecule has 0 aliphatic rings. The number of aryl methyl sites for hydroxylation is 3. The van der Waals surface area contributed by atoms with Gasteiger partial charge in [0.05, 0.1) is 34.5 Å². The Kier molecular flexibility index (Phi) is 5.50. The van der Waals surface area contributed by atoms with Gasteiger partial charge in [-0.2, -0.15) is 15.3 Å². The van der Waals surface area contributed by atoms with Crippen LogP contribution in [0.25, 0.3) is 0 Å². The van der Waals surface area contributed by atoms with Gasteiger partial charge in [-0.25, -0.2) is 0 Å². The van der Waals surface area contributed by atoms with Gasteiger partial charge < -0.3 is 10.6 Å². The van der Waals surface area contributed by atoms with Crippen molar-refractivity contribution in [1.29, 1.82) is 0 Å². The van der Waals surface area contributed by atoms with Gasteiger partial charge >= 0.3 is 0 Å². The SMILES string of the molecule is Cc1nn(CC(=O)Nc2cnn(C)c2C(=O)NCc2cnn(C)c2)c(C)c1Cl. The second-order valence-corrected chi connectivity index (χ2v) is 6.80. The minimum atomic E-state index is -0.353. The van der Waals surface area contributed by atoms with Crippen LogP contribution in [0, 0.1) is 13.8 Å². The lowest BCUT2D eigenvalue weighted by atomic mass is 10.3. The summed E-state index contributed by atoms with van der Waals surface area (Å²) in [4.78, 5) is 25.0. The van der Waals surface area contributed by atoms with Gasteiger partial charge in [-0.15, -0.1) is 0 Å². The van der Waals surface area contributed by atoms with Crippen LogP contribution in [0.4, 0.5) is 5.69 Å². The smallest absolute Gasteiger partial charge is 0.271 e. The van der Waals surface area contributed by atoms with Gasteiger partial charge in [0, 0.05) is 32.4 Å². The minimum Gasteiger partial charge on any atom is -0.346 e. The van der Waals surface area contributed by atoms with Crippen LogP contribution < -0.4 is 10.6 Å². The monoisotopic (exact) mass is 404 g/mol. The van der Waals surface area contributed by atoms with Gasteiger partial charge in [0.15, 0.2) is 0 Å². The van der Waals surface area contributed by atoms with Crippen LogP contribution in [0.1, 0.15) is 27.4 Å². The molecule has 0 radical (unpaired) electrons. The maximum atomic E-state index is 12.6. The van der Waals surface area contributed by atoms with E-state index in [2.05, 4.69) is 25.9 Å². The Balaban J connectivity index is 1.68. The fourth-order valence-corrected chi connectivity index (χ4v) is 2.92. The molecule has 0 atom stereocenters. The average molecular weight is 405 g/mol. The van der Waals surface area contributed by atoms with Crippen LogP contribution >= 0.6 is 11.6 Å². The molecule has 0 aliphatic heterocycles. The first-order valence-corrected chi connectivity index (χ1v) is 8.91. The van der Waals surface area contributed by atoms with E-state index in [1.165, 1.54) is 15.6 Å². The second kappa shape index (κ2) is 7.85. The van der Waals surface area contributed by atoms with Crippen LogP contribution in [-0.4, -0.2) is 41.2 Å². The van der Waals surface area contributed by atoms with E-state index in [9.17, 15) is 9.59 Å². The molecule has 0 saturated heterocycles. The van der Waals surface area contributed by atoms with Crippen molar-refractivity contribution in [3.8, 4) is 0 Å². The third kappa shape index (κ3) is 4.06. The highest BCUT2D eigenvalue weighted by Crippen LogP contribution is 2.19. The summed E-state index contributed by atoms with van der Waals surface area (Å²) in [5.74, 6) is -0.690. The van der Waals surface area contributed by atoms with Crippen molar-refractivity contribution in [2.24, 2.45) is 14.1 Å². The molecule has 2 amide bonds. The van der Waals surface area contributed by atoms with Crippen molar-refractivity contribution in [3.05, 3.63) is 46.3 Å². The zero-order valence-electron chi connectivity index (χ0n) is 16.0. The number of hydrogen-bond acceptors (Lipinski definition) is 5. The molecular formula is C17H21ClN8O2. The van der Waals surface area contributed by atoms with E-state index in [1.54, 1.807) is 38.8 Å². The van der Waals surface area contributed by atoms with Crippen LogP contribution in [0.2, 0.25) is 5.02 Å². The lowest BCUT2D eigenvalue weighted by Crippen LogP contribution is -2.27. The molecule has 3 aromatic rings. The Morgan fingerprint density at radius 2 is 1.93 bits per heavy atom. The first-order chi connectivity index (χ1) is 13.3. The van der Waals surface area contributed by atoms with Crippen LogP contribution in [0.5, 0.6) is 0 Å². The predicted octanol–water partition coefficient (Wildman–Crippen LogP) is 1.19. The summed E-state index contributed by atoms with van der Waals surface area (Å²) < 4.78 is 4.59. The van der Waals surface area contributed by atoms with E-state index < -0.39 is 0 Å². The van der Waals surface area contributed by atoms with Crippen LogP contribution in [0.3, 0.4) is 0 Å². The number of amides is 2. The number of aromatic nitrogens is 6. The highest BCUT2D eigenvalue weighted by atomic mass is 35.5. The van der Waals surface area contributed by atoms with E-state index in [4.69, 9.17) is 11.6 Å². The predicted molar refractivity (Wildman–Crippen MR) is 103 cm³/mol. The summed E-state index contributed by atoms with van der Waals surface area (Å²) in [6, 6.07) is 0. The first-order valence-electron chi connectivity index (χ1n) is 8.53. The van der Waals surface area contributed by atoms with Gasteiger partial charge in [-0.3, -0.25) is 23.6 Å². The standard InChI is InChI=1S/C17H21ClN8O2/c1-10-15(18)11(2)26(23-10)9-14(27)22-13-7-21-25(4)16(13)17(28)19-5-12-6-20-24(3)8-12/h6-8H,5,9H2,1-4H3,(H,19,28)(H,22,27). The molecule has 0 bridgehead atoms. The number of carbonyl (C=O) groups is 2. The number of nitrogens with zero attached hydrogens (tertiary/aromatic N) is 6. The number of nitrogens with one attached hydrogen (secondary N) is 2. The topological polar surface area (TPSA) is 112 Å². The summed E-state index contributed by atoms with van der Waals surface area (Å²) in [5, 5.41) is 18.4. The fraction of sp³-hybridized carbons (Fsp3) is 0.353. The number of halogens is 1. The molecule has 10 nitrogen and oxygen atoms in total. The molecule has 3 aromatic heterocycles. The van der Waals surface area contributed by atoms with E-state index in [0.717, 1.165) is 5.56 Å². The van der Waals surface area contributed by atoms with Crippen molar-refractivity contribution >= 4 is 29.1 Å². The maximum absolute atomic E-state index is 12.6. The molecule has 0 fully saturated rings. The number of anilines is 1. The van der Waals surface area contributed by atoms with E-state index in [0.29, 0.717) is 28.6 Å². The first kappa shape index (κ1) is 19.6. The van der Waals surface area contributed by atoms with Gasteiger partial charge in [0.1, 0.15) is 12.2 Å². The average Bonchev–Trinajstić information content (AvgIpc) is 3.28. The third-order valence-electron chi connectivity index (χ3n) is 4.23. The molecule has 2 N–H and O–H groups in total. The molecule has 148 valence electrons. The van der Waals surface area contributed by atoms with Crippen molar-refractivity contribution in [2.45, 2.75) is 26.9 Å². The number of rotatable bonds is 6. The zero-order valence-corrected chi connectivity index (χ0v) is 16.8. The molecule has 0 aromatic carbocycles. The molecule has 0 unspecified atom stereocenters. The van der Waals surface area contributed by atoms with Crippen molar-refractivity contribution in [3.63, 3.8) is 0 Å². The van der Waals surface area contributed by atoms with Gasteiger partial charge in [0.2, 0.25) is 5.91 Å². The summed E-state index contributed by atoms with van der Waals surface area (Å²) in [5.41, 5.74) is 2.80. The van der Waals surface area contributed by atoms with Gasteiger partial charge in [-0.05, 0) is 13.8 Å². The molecule has 0 spiro atoms. The molecule has 11 heteroatoms. The summed E-state index contributed by atoms with van der Waals surface area (Å²) >= 11 is 6.11. The molecule has 3 rings (SSSR count). The number of hydrogen-bond donors (Lipinski definition) is 2. The summed E-state index contributed by atoms with van der Waals surface area (Å²) in [7, 11) is 3.44. The highest BCUT2D eigenvalue weighted by Gasteiger charge is 2.20. The molecular weight excluding hydrogens is 384 g/mol. The Labute approximate surface area is 166 Å². The zero-order chi connectivity index (χ0) is 20.4. The van der Waals surface area contributed by atoms with E-state index in [1.807, 2.05) is 6.20 Å². The summed E-state index contributed by atoms with van der Waals surface area (Å²) in [6.45, 7) is 3.85. The Bertz CT molecular complexity index is 1030. The maximum Gasteiger partial charge on any atom is 0.271 e. The Morgan fingerprint density at radius 1 is 1.18 bits per heavy atom. The number of carbonyl (C=O) groups excluding carboxylic acids is 2. The van der Waals surface area contributed by atoms with Crippen molar-refractivity contribution < 1.29 is 9.59 Å². The lowest BCUT2D eigenvalue weighted by Gasteiger charge is -2.09. The molecule has 0 saturated carbocycles. The third-order valence-corrected chi connectivity index (χ3v) is 4.77. The molecule has 0 aliphatic carbocycles. The largest absolute Gasteiger partial charge is 0.346 e. The van der Waals surface area contributed by atoms with Gasteiger partial charge in [-0.1, -0.05) is 11.6 Å². The van der Waals surface area contributed by atoms with E-state index >= 15 is 0 Å². The fourth-order valence-electron chi connectivity index (χ4n) is 2.78. The molecule has 28 heavy (non-hydrogen) atoms. The Morgan fingerprint density at radius 3 is 2.54 bits per heavy atom. The van der Waals surface area contributed by atoms with Crippen molar-refractivity contribution in [2.75, 3.05) is 5.32 Å². The van der Waals surface area contributed by atoms with Gasteiger partial charge in [0.25, 0.3) is 5.91 Å². The lowest BCUT2D eigenvalue weighted by molar-refractivity contribution is -0.116. The second-order valence-electron chi connectivity index (χ2n) is 6.43. The Hall–Kier alpha value is -3.14. The summed E-state index contributed by atoms with van der Waals surface area (Å²) in [6.07, 6.45) is 4.92. The quantitative estimate of drug-likeness (QED) is 0.641. The molecule has 3 heterocycles.